The molecule has 4 rings (SSSR count). The molecule has 8 heteroatoms. The number of hydrogen-bond acceptors (Lipinski definition) is 5. The lowest BCUT2D eigenvalue weighted by molar-refractivity contribution is -0.137. The molecule has 1 aliphatic rings. The highest BCUT2D eigenvalue weighted by atomic mass is 19.4. The highest BCUT2D eigenvalue weighted by Gasteiger charge is 2.31. The Hall–Kier alpha value is -2.90. The maximum atomic E-state index is 12.9. The Morgan fingerprint density at radius 2 is 1.79 bits per heavy atom. The molecular weight excluding hydrogens is 369 g/mol. The van der Waals surface area contributed by atoms with E-state index in [0.29, 0.717) is 29.0 Å². The van der Waals surface area contributed by atoms with Gasteiger partial charge in [-0.15, -0.1) is 10.2 Å². The fourth-order valence-electron chi connectivity index (χ4n) is 3.65. The van der Waals surface area contributed by atoms with Gasteiger partial charge < -0.3 is 10.4 Å². The molecule has 0 saturated heterocycles. The third kappa shape index (κ3) is 3.58. The highest BCUT2D eigenvalue weighted by Crippen LogP contribution is 2.38. The fraction of sp³-hybridized carbons (Fsp3) is 0.350. The zero-order chi connectivity index (χ0) is 19.7. The molecule has 0 atom stereocenters. The predicted octanol–water partition coefficient (Wildman–Crippen LogP) is 5.16. The van der Waals surface area contributed by atoms with Crippen molar-refractivity contribution in [1.82, 2.24) is 15.2 Å². The van der Waals surface area contributed by atoms with Crippen LogP contribution in [0.1, 0.15) is 37.7 Å². The molecule has 2 heterocycles. The molecule has 0 radical (unpaired) electrons. The van der Waals surface area contributed by atoms with Crippen LogP contribution in [-0.4, -0.2) is 26.3 Å². The molecule has 146 valence electrons. The van der Waals surface area contributed by atoms with Crippen molar-refractivity contribution < 1.29 is 18.3 Å². The number of aromatic hydroxyl groups is 1. The number of rotatable bonds is 3. The summed E-state index contributed by atoms with van der Waals surface area (Å²) in [6.07, 6.45) is 4.39. The normalized spacial score (nSPS) is 15.7. The van der Waals surface area contributed by atoms with Gasteiger partial charge in [0.15, 0.2) is 5.82 Å². The number of aromatic nitrogens is 3. The van der Waals surface area contributed by atoms with Crippen LogP contribution < -0.4 is 5.32 Å². The summed E-state index contributed by atoms with van der Waals surface area (Å²) in [4.78, 5) is 4.15. The van der Waals surface area contributed by atoms with E-state index in [1.165, 1.54) is 25.3 Å². The zero-order valence-corrected chi connectivity index (χ0v) is 15.0. The summed E-state index contributed by atoms with van der Waals surface area (Å²) in [6, 6.07) is 4.89. The Bertz CT molecular complexity index is 1000. The van der Waals surface area contributed by atoms with Crippen molar-refractivity contribution in [3.8, 4) is 17.0 Å². The van der Waals surface area contributed by atoms with Crippen molar-refractivity contribution >= 4 is 16.6 Å². The molecule has 0 aliphatic heterocycles. The number of halogens is 3. The van der Waals surface area contributed by atoms with Crippen LogP contribution in [0.2, 0.25) is 0 Å². The van der Waals surface area contributed by atoms with Crippen LogP contribution in [0, 0.1) is 0 Å². The number of phenolic OH excluding ortho intramolecular Hbond substituents is 1. The average Bonchev–Trinajstić information content (AvgIpc) is 2.69. The van der Waals surface area contributed by atoms with Crippen LogP contribution in [0.25, 0.3) is 22.0 Å². The molecule has 1 saturated carbocycles. The Morgan fingerprint density at radius 3 is 2.50 bits per heavy atom. The summed E-state index contributed by atoms with van der Waals surface area (Å²) in [7, 11) is 0. The number of fused-ring (bicyclic) bond motifs is 1. The van der Waals surface area contributed by atoms with Crippen molar-refractivity contribution in [3.05, 3.63) is 42.2 Å². The Kier molecular flexibility index (Phi) is 4.78. The molecule has 0 bridgehead atoms. The average molecular weight is 388 g/mol. The minimum Gasteiger partial charge on any atom is -0.507 e. The van der Waals surface area contributed by atoms with Crippen molar-refractivity contribution in [2.75, 3.05) is 5.32 Å². The number of pyridine rings is 1. The van der Waals surface area contributed by atoms with E-state index in [4.69, 9.17) is 0 Å². The first kappa shape index (κ1) is 18.5. The summed E-state index contributed by atoms with van der Waals surface area (Å²) < 4.78 is 38.6. The van der Waals surface area contributed by atoms with E-state index in [1.54, 1.807) is 18.5 Å². The van der Waals surface area contributed by atoms with E-state index in [2.05, 4.69) is 20.5 Å². The number of nitrogens with one attached hydrogen (secondary N) is 1. The summed E-state index contributed by atoms with van der Waals surface area (Å²) in [5.74, 6) is 0.111. The largest absolute Gasteiger partial charge is 0.507 e. The van der Waals surface area contributed by atoms with Crippen molar-refractivity contribution in [2.45, 2.75) is 44.3 Å². The maximum absolute atomic E-state index is 12.9. The van der Waals surface area contributed by atoms with E-state index in [0.717, 1.165) is 24.3 Å². The number of benzene rings is 1. The van der Waals surface area contributed by atoms with Crippen LogP contribution in [-0.2, 0) is 6.18 Å². The molecule has 2 aromatic heterocycles. The van der Waals surface area contributed by atoms with E-state index >= 15 is 0 Å². The summed E-state index contributed by atoms with van der Waals surface area (Å²) in [5, 5.41) is 23.5. The number of nitrogens with zero attached hydrogens (tertiary/aromatic N) is 3. The maximum Gasteiger partial charge on any atom is 0.416 e. The SMILES string of the molecule is Oc1cc(C(F)(F)F)ccc1-c1nnc(NC2CCCCC2)c2cnccc12. The van der Waals surface area contributed by atoms with Gasteiger partial charge in [-0.2, -0.15) is 13.2 Å². The lowest BCUT2D eigenvalue weighted by atomic mass is 9.95. The minimum atomic E-state index is -4.53. The second kappa shape index (κ2) is 7.26. The summed E-state index contributed by atoms with van der Waals surface area (Å²) >= 11 is 0. The fourth-order valence-corrected chi connectivity index (χ4v) is 3.65. The van der Waals surface area contributed by atoms with Crippen LogP contribution in [0.5, 0.6) is 5.75 Å². The van der Waals surface area contributed by atoms with Crippen molar-refractivity contribution in [2.24, 2.45) is 0 Å². The first-order chi connectivity index (χ1) is 13.4. The Morgan fingerprint density at radius 1 is 1.00 bits per heavy atom. The molecule has 28 heavy (non-hydrogen) atoms. The molecule has 0 amide bonds. The molecule has 1 aliphatic carbocycles. The van der Waals surface area contributed by atoms with Crippen molar-refractivity contribution in [3.63, 3.8) is 0 Å². The van der Waals surface area contributed by atoms with Crippen molar-refractivity contribution in [1.29, 1.82) is 0 Å². The molecule has 2 N–H and O–H groups in total. The smallest absolute Gasteiger partial charge is 0.416 e. The van der Waals surface area contributed by atoms with E-state index < -0.39 is 17.5 Å². The second-order valence-corrected chi connectivity index (χ2v) is 7.03. The third-order valence-corrected chi connectivity index (χ3v) is 5.11. The van der Waals surface area contributed by atoms with Crippen LogP contribution >= 0.6 is 0 Å². The van der Waals surface area contributed by atoms with E-state index in [1.807, 2.05) is 0 Å². The number of alkyl halides is 3. The van der Waals surface area contributed by atoms with E-state index in [9.17, 15) is 18.3 Å². The van der Waals surface area contributed by atoms with Gasteiger partial charge in [0, 0.05) is 34.8 Å². The molecule has 0 unspecified atom stereocenters. The predicted molar refractivity (Wildman–Crippen MR) is 99.9 cm³/mol. The van der Waals surface area contributed by atoms with Gasteiger partial charge in [0.2, 0.25) is 0 Å². The van der Waals surface area contributed by atoms with Gasteiger partial charge in [-0.05, 0) is 37.1 Å². The lowest BCUT2D eigenvalue weighted by Gasteiger charge is -2.23. The van der Waals surface area contributed by atoms with Crippen LogP contribution in [0.4, 0.5) is 19.0 Å². The lowest BCUT2D eigenvalue weighted by Crippen LogP contribution is -2.23. The molecule has 0 spiro atoms. The van der Waals surface area contributed by atoms with Crippen LogP contribution in [0.15, 0.2) is 36.7 Å². The third-order valence-electron chi connectivity index (χ3n) is 5.11. The Labute approximate surface area is 159 Å². The molecule has 1 aromatic carbocycles. The van der Waals surface area contributed by atoms with Gasteiger partial charge in [0.1, 0.15) is 11.4 Å². The van der Waals surface area contributed by atoms with Crippen LogP contribution in [0.3, 0.4) is 0 Å². The quantitative estimate of drug-likeness (QED) is 0.648. The van der Waals surface area contributed by atoms with Gasteiger partial charge in [-0.3, -0.25) is 4.98 Å². The Balaban J connectivity index is 1.76. The first-order valence-corrected chi connectivity index (χ1v) is 9.21. The molecular formula is C20H19F3N4O. The summed E-state index contributed by atoms with van der Waals surface area (Å²) in [5.41, 5.74) is -0.401. The molecule has 3 aromatic rings. The first-order valence-electron chi connectivity index (χ1n) is 9.21. The number of phenols is 1. The second-order valence-electron chi connectivity index (χ2n) is 7.03. The highest BCUT2D eigenvalue weighted by molar-refractivity contribution is 6.00. The summed E-state index contributed by atoms with van der Waals surface area (Å²) in [6.45, 7) is 0. The standard InChI is InChI=1S/C20H19F3N4O/c21-20(22,23)12-6-7-15(17(28)10-12)18-14-8-9-24-11-16(14)19(27-26-18)25-13-4-2-1-3-5-13/h6-11,13,28H,1-5H2,(H,25,27). The van der Waals surface area contributed by atoms with Gasteiger partial charge in [0.25, 0.3) is 0 Å². The number of anilines is 1. The number of hydrogen-bond donors (Lipinski definition) is 2. The zero-order valence-electron chi connectivity index (χ0n) is 15.0. The van der Waals surface area contributed by atoms with Gasteiger partial charge in [-0.25, -0.2) is 0 Å². The molecule has 5 nitrogen and oxygen atoms in total. The minimum absolute atomic E-state index is 0.195. The molecule has 1 fully saturated rings. The van der Waals surface area contributed by atoms with Gasteiger partial charge in [-0.1, -0.05) is 19.3 Å². The van der Waals surface area contributed by atoms with Gasteiger partial charge >= 0.3 is 6.18 Å². The van der Waals surface area contributed by atoms with E-state index in [-0.39, 0.29) is 5.56 Å². The monoisotopic (exact) mass is 388 g/mol. The topological polar surface area (TPSA) is 70.9 Å². The van der Waals surface area contributed by atoms with Gasteiger partial charge in [0.05, 0.1) is 5.56 Å².